The summed E-state index contributed by atoms with van der Waals surface area (Å²) in [4.78, 5) is 8.25. The lowest BCUT2D eigenvalue weighted by atomic mass is 10.0. The van der Waals surface area contributed by atoms with E-state index in [1.807, 2.05) is 0 Å². The van der Waals surface area contributed by atoms with Crippen LogP contribution in [0.15, 0.2) is 16.8 Å². The third kappa shape index (κ3) is 3.53. The number of alkyl halides is 2. The summed E-state index contributed by atoms with van der Waals surface area (Å²) in [7, 11) is 0. The highest BCUT2D eigenvalue weighted by Gasteiger charge is 2.17. The van der Waals surface area contributed by atoms with Crippen molar-refractivity contribution < 1.29 is 17.9 Å². The number of nitrogens with zero attached hydrogens (tertiary/aromatic N) is 4. The van der Waals surface area contributed by atoms with Crippen LogP contribution in [0.3, 0.4) is 0 Å². The Morgan fingerprint density at radius 1 is 1.18 bits per heavy atom. The standard InChI is InChI=1S/C13H15F2N5O2/c14-10(15)12-20-19-11(22-12)9-6-17-13(18-7-9)16-5-8-1-3-21-4-2-8/h6-8,10H,1-5H2,(H,16,17,18). The maximum Gasteiger partial charge on any atom is 0.314 e. The second kappa shape index (κ2) is 6.73. The van der Waals surface area contributed by atoms with E-state index >= 15 is 0 Å². The van der Waals surface area contributed by atoms with Gasteiger partial charge in [0.2, 0.25) is 5.95 Å². The molecule has 0 aromatic carbocycles. The quantitative estimate of drug-likeness (QED) is 0.906. The summed E-state index contributed by atoms with van der Waals surface area (Å²) in [5, 5.41) is 9.96. The number of halogens is 2. The fourth-order valence-electron chi connectivity index (χ4n) is 2.16. The van der Waals surface area contributed by atoms with Gasteiger partial charge in [-0.05, 0) is 18.8 Å². The zero-order chi connectivity index (χ0) is 15.4. The second-order valence-electron chi connectivity index (χ2n) is 4.98. The monoisotopic (exact) mass is 311 g/mol. The predicted octanol–water partition coefficient (Wildman–Crippen LogP) is 2.30. The van der Waals surface area contributed by atoms with E-state index in [0.29, 0.717) is 17.4 Å². The van der Waals surface area contributed by atoms with Crippen LogP contribution in [0.25, 0.3) is 11.5 Å². The lowest BCUT2D eigenvalue weighted by molar-refractivity contribution is 0.0699. The normalized spacial score (nSPS) is 16.1. The average Bonchev–Trinajstić information content (AvgIpc) is 3.05. The molecule has 0 saturated carbocycles. The predicted molar refractivity (Wildman–Crippen MR) is 72.3 cm³/mol. The van der Waals surface area contributed by atoms with Crippen molar-refractivity contribution in [2.75, 3.05) is 25.1 Å². The zero-order valence-electron chi connectivity index (χ0n) is 11.7. The molecule has 118 valence electrons. The molecule has 1 fully saturated rings. The highest BCUT2D eigenvalue weighted by molar-refractivity contribution is 5.50. The van der Waals surface area contributed by atoms with Gasteiger partial charge in [0, 0.05) is 32.2 Å². The van der Waals surface area contributed by atoms with Gasteiger partial charge in [0.15, 0.2) is 0 Å². The van der Waals surface area contributed by atoms with Crippen molar-refractivity contribution in [3.63, 3.8) is 0 Å². The Labute approximate surface area is 125 Å². The van der Waals surface area contributed by atoms with Crippen molar-refractivity contribution in [3.8, 4) is 11.5 Å². The lowest BCUT2D eigenvalue weighted by Gasteiger charge is -2.22. The van der Waals surface area contributed by atoms with E-state index in [9.17, 15) is 8.78 Å². The first-order valence-corrected chi connectivity index (χ1v) is 6.98. The SMILES string of the molecule is FC(F)c1nnc(-c2cnc(NCC3CCOCC3)nc2)o1. The molecule has 0 spiro atoms. The van der Waals surface area contributed by atoms with E-state index < -0.39 is 12.3 Å². The first-order chi connectivity index (χ1) is 10.7. The smallest absolute Gasteiger partial charge is 0.314 e. The van der Waals surface area contributed by atoms with Crippen LogP contribution < -0.4 is 5.32 Å². The van der Waals surface area contributed by atoms with Crippen LogP contribution in [0.5, 0.6) is 0 Å². The summed E-state index contributed by atoms with van der Waals surface area (Å²) in [6.45, 7) is 2.35. The molecule has 0 amide bonds. The Balaban J connectivity index is 1.59. The highest BCUT2D eigenvalue weighted by Crippen LogP contribution is 2.22. The number of anilines is 1. The van der Waals surface area contributed by atoms with Crippen LogP contribution in [-0.2, 0) is 4.74 Å². The second-order valence-corrected chi connectivity index (χ2v) is 4.98. The van der Waals surface area contributed by atoms with Gasteiger partial charge < -0.3 is 14.5 Å². The molecule has 7 nitrogen and oxygen atoms in total. The van der Waals surface area contributed by atoms with E-state index in [2.05, 4.69) is 25.5 Å². The molecule has 1 aliphatic heterocycles. The zero-order valence-corrected chi connectivity index (χ0v) is 11.7. The van der Waals surface area contributed by atoms with Crippen molar-refractivity contribution in [1.29, 1.82) is 0 Å². The minimum Gasteiger partial charge on any atom is -0.415 e. The molecule has 3 rings (SSSR count). The third-order valence-corrected chi connectivity index (χ3v) is 3.42. The van der Waals surface area contributed by atoms with E-state index in [1.165, 1.54) is 12.4 Å². The maximum absolute atomic E-state index is 12.4. The molecule has 0 bridgehead atoms. The average molecular weight is 311 g/mol. The van der Waals surface area contributed by atoms with E-state index in [-0.39, 0.29) is 5.89 Å². The van der Waals surface area contributed by atoms with Crippen molar-refractivity contribution in [2.24, 2.45) is 5.92 Å². The van der Waals surface area contributed by atoms with Crippen molar-refractivity contribution in [1.82, 2.24) is 20.2 Å². The van der Waals surface area contributed by atoms with Gasteiger partial charge >= 0.3 is 6.43 Å². The van der Waals surface area contributed by atoms with Gasteiger partial charge in [-0.2, -0.15) is 8.78 Å². The summed E-state index contributed by atoms with van der Waals surface area (Å²) in [5.74, 6) is 0.286. The largest absolute Gasteiger partial charge is 0.415 e. The number of aromatic nitrogens is 4. The molecule has 3 heterocycles. The molecule has 22 heavy (non-hydrogen) atoms. The summed E-state index contributed by atoms with van der Waals surface area (Å²) in [5.41, 5.74) is 0.399. The number of ether oxygens (including phenoxy) is 1. The topological polar surface area (TPSA) is 86.0 Å². The highest BCUT2D eigenvalue weighted by atomic mass is 19.3. The lowest BCUT2D eigenvalue weighted by Crippen LogP contribution is -2.23. The number of nitrogens with one attached hydrogen (secondary N) is 1. The van der Waals surface area contributed by atoms with Crippen molar-refractivity contribution in [2.45, 2.75) is 19.3 Å². The fraction of sp³-hybridized carbons (Fsp3) is 0.538. The van der Waals surface area contributed by atoms with Crippen LogP contribution in [0.1, 0.15) is 25.2 Å². The molecule has 0 atom stereocenters. The van der Waals surface area contributed by atoms with Crippen LogP contribution in [-0.4, -0.2) is 39.9 Å². The summed E-state index contributed by atoms with van der Waals surface area (Å²) in [6, 6.07) is 0. The van der Waals surface area contributed by atoms with Gasteiger partial charge in [-0.25, -0.2) is 9.97 Å². The number of hydrogen-bond acceptors (Lipinski definition) is 7. The number of hydrogen-bond donors (Lipinski definition) is 1. The molecule has 9 heteroatoms. The molecule has 2 aromatic heterocycles. The summed E-state index contributed by atoms with van der Waals surface area (Å²) >= 11 is 0. The van der Waals surface area contributed by atoms with Crippen LogP contribution in [0.2, 0.25) is 0 Å². The van der Waals surface area contributed by atoms with Gasteiger partial charge in [0.25, 0.3) is 11.8 Å². The van der Waals surface area contributed by atoms with Gasteiger partial charge in [0.1, 0.15) is 0 Å². The van der Waals surface area contributed by atoms with Crippen LogP contribution in [0.4, 0.5) is 14.7 Å². The molecule has 1 N–H and O–H groups in total. The number of rotatable bonds is 5. The first-order valence-electron chi connectivity index (χ1n) is 6.98. The molecule has 0 aliphatic carbocycles. The molecule has 2 aromatic rings. The van der Waals surface area contributed by atoms with Crippen molar-refractivity contribution in [3.05, 3.63) is 18.3 Å². The van der Waals surface area contributed by atoms with Gasteiger partial charge in [-0.3, -0.25) is 0 Å². The Morgan fingerprint density at radius 2 is 1.91 bits per heavy atom. The minimum absolute atomic E-state index is 0.0220. The van der Waals surface area contributed by atoms with Crippen LogP contribution >= 0.6 is 0 Å². The Kier molecular flexibility index (Phi) is 4.52. The van der Waals surface area contributed by atoms with Gasteiger partial charge in [0.05, 0.1) is 5.56 Å². The molecular formula is C13H15F2N5O2. The fourth-order valence-corrected chi connectivity index (χ4v) is 2.16. The Bertz CT molecular complexity index is 599. The molecule has 0 unspecified atom stereocenters. The Morgan fingerprint density at radius 3 is 2.55 bits per heavy atom. The third-order valence-electron chi connectivity index (χ3n) is 3.42. The molecule has 0 radical (unpaired) electrons. The van der Waals surface area contributed by atoms with Crippen molar-refractivity contribution >= 4 is 5.95 Å². The maximum atomic E-state index is 12.4. The van der Waals surface area contributed by atoms with E-state index in [4.69, 9.17) is 9.15 Å². The Hall–Kier alpha value is -2.16. The molecule has 1 aliphatic rings. The summed E-state index contributed by atoms with van der Waals surface area (Å²) < 4.78 is 34.9. The van der Waals surface area contributed by atoms with Gasteiger partial charge in [-0.1, -0.05) is 0 Å². The van der Waals surface area contributed by atoms with Crippen LogP contribution in [0, 0.1) is 5.92 Å². The van der Waals surface area contributed by atoms with E-state index in [0.717, 1.165) is 32.6 Å². The summed E-state index contributed by atoms with van der Waals surface area (Å²) in [6.07, 6.45) is 2.17. The minimum atomic E-state index is -2.79. The van der Waals surface area contributed by atoms with Gasteiger partial charge in [-0.15, -0.1) is 10.2 Å². The first kappa shape index (κ1) is 14.8. The molecular weight excluding hydrogens is 296 g/mol. The van der Waals surface area contributed by atoms with E-state index in [1.54, 1.807) is 0 Å². The molecule has 1 saturated heterocycles.